The highest BCUT2D eigenvalue weighted by Gasteiger charge is 2.28. The Morgan fingerprint density at radius 1 is 1.22 bits per heavy atom. The third-order valence-corrected chi connectivity index (χ3v) is 5.13. The molecule has 0 radical (unpaired) electrons. The number of halogens is 1. The fraction of sp³-hybridized carbons (Fsp3) is 0.550. The molecule has 0 unspecified atom stereocenters. The summed E-state index contributed by atoms with van der Waals surface area (Å²) in [6.45, 7) is 6.83. The van der Waals surface area contributed by atoms with Gasteiger partial charge in [-0.2, -0.15) is 0 Å². The molecule has 1 aromatic carbocycles. The van der Waals surface area contributed by atoms with E-state index in [1.54, 1.807) is 43.0 Å². The normalized spacial score (nSPS) is 16.1. The SMILES string of the molecule is CC1CCN(C(=O)COC(=O)[C@@H](NC(=O)c2ccccc2Cl)C(C)C)CC1. The van der Waals surface area contributed by atoms with Crippen molar-refractivity contribution in [2.75, 3.05) is 19.7 Å². The number of piperidine rings is 1. The van der Waals surface area contributed by atoms with Crippen molar-refractivity contribution < 1.29 is 19.1 Å². The molecular formula is C20H27ClN2O4. The van der Waals surface area contributed by atoms with Crippen molar-refractivity contribution in [1.82, 2.24) is 10.2 Å². The lowest BCUT2D eigenvalue weighted by Crippen LogP contribution is -2.47. The van der Waals surface area contributed by atoms with Crippen LogP contribution in [0.25, 0.3) is 0 Å². The zero-order valence-corrected chi connectivity index (χ0v) is 16.8. The van der Waals surface area contributed by atoms with E-state index in [-0.39, 0.29) is 24.0 Å². The standard InChI is InChI=1S/C20H27ClN2O4/c1-13(2)18(22-19(25)15-6-4-5-7-16(15)21)20(26)27-12-17(24)23-10-8-14(3)9-11-23/h4-7,13-14,18H,8-12H2,1-3H3,(H,22,25)/t18-/m0/s1. The van der Waals surface area contributed by atoms with Gasteiger partial charge in [-0.1, -0.05) is 44.5 Å². The average molecular weight is 395 g/mol. The number of carbonyl (C=O) groups excluding carboxylic acids is 3. The van der Waals surface area contributed by atoms with Crippen LogP contribution in [-0.4, -0.2) is 48.4 Å². The van der Waals surface area contributed by atoms with E-state index in [1.807, 2.05) is 0 Å². The summed E-state index contributed by atoms with van der Waals surface area (Å²) in [5, 5.41) is 2.97. The molecular weight excluding hydrogens is 368 g/mol. The van der Waals surface area contributed by atoms with Gasteiger partial charge in [-0.25, -0.2) is 4.79 Å². The van der Waals surface area contributed by atoms with Gasteiger partial charge in [-0.3, -0.25) is 9.59 Å². The summed E-state index contributed by atoms with van der Waals surface area (Å²) in [4.78, 5) is 38.8. The fourth-order valence-electron chi connectivity index (χ4n) is 2.93. The van der Waals surface area contributed by atoms with Gasteiger partial charge in [0.1, 0.15) is 6.04 Å². The van der Waals surface area contributed by atoms with Crippen LogP contribution in [0.5, 0.6) is 0 Å². The van der Waals surface area contributed by atoms with Crippen molar-refractivity contribution in [1.29, 1.82) is 0 Å². The van der Waals surface area contributed by atoms with Crippen LogP contribution in [0.15, 0.2) is 24.3 Å². The molecule has 6 nitrogen and oxygen atoms in total. The Labute approximate surface area is 165 Å². The minimum atomic E-state index is -0.858. The summed E-state index contributed by atoms with van der Waals surface area (Å²) in [5.41, 5.74) is 0.288. The lowest BCUT2D eigenvalue weighted by molar-refractivity contribution is -0.155. The first kappa shape index (κ1) is 21.2. The molecule has 1 saturated heterocycles. The molecule has 1 N–H and O–H groups in total. The average Bonchev–Trinajstić information content (AvgIpc) is 2.64. The number of ether oxygens (including phenoxy) is 1. The highest BCUT2D eigenvalue weighted by Crippen LogP contribution is 2.17. The number of benzene rings is 1. The molecule has 0 aliphatic carbocycles. The summed E-state index contributed by atoms with van der Waals surface area (Å²) >= 11 is 6.03. The molecule has 148 valence electrons. The maximum atomic E-state index is 12.4. The van der Waals surface area contributed by atoms with Crippen molar-refractivity contribution in [3.05, 3.63) is 34.9 Å². The third-order valence-electron chi connectivity index (χ3n) is 4.80. The molecule has 0 aromatic heterocycles. The molecule has 27 heavy (non-hydrogen) atoms. The number of nitrogens with one attached hydrogen (secondary N) is 1. The molecule has 0 spiro atoms. The van der Waals surface area contributed by atoms with Gasteiger partial charge in [-0.15, -0.1) is 0 Å². The molecule has 1 fully saturated rings. The molecule has 1 atom stereocenters. The van der Waals surface area contributed by atoms with Gasteiger partial charge >= 0.3 is 5.97 Å². The number of amides is 2. The van der Waals surface area contributed by atoms with E-state index in [1.165, 1.54) is 0 Å². The van der Waals surface area contributed by atoms with Crippen molar-refractivity contribution in [3.63, 3.8) is 0 Å². The van der Waals surface area contributed by atoms with Crippen molar-refractivity contribution >= 4 is 29.4 Å². The summed E-state index contributed by atoms with van der Waals surface area (Å²) in [7, 11) is 0. The smallest absolute Gasteiger partial charge is 0.329 e. The summed E-state index contributed by atoms with van der Waals surface area (Å²) in [6, 6.07) is 5.75. The molecule has 1 aromatic rings. The molecule has 1 heterocycles. The predicted molar refractivity (Wildman–Crippen MR) is 103 cm³/mol. The molecule has 1 aliphatic rings. The number of rotatable bonds is 6. The van der Waals surface area contributed by atoms with Gasteiger partial charge in [0, 0.05) is 13.1 Å². The first-order valence-corrected chi connectivity index (χ1v) is 9.67. The Hall–Kier alpha value is -2.08. The van der Waals surface area contributed by atoms with Crippen molar-refractivity contribution in [3.8, 4) is 0 Å². The Morgan fingerprint density at radius 3 is 2.44 bits per heavy atom. The van der Waals surface area contributed by atoms with Crippen LogP contribution >= 0.6 is 11.6 Å². The first-order valence-electron chi connectivity index (χ1n) is 9.29. The van der Waals surface area contributed by atoms with E-state index in [0.717, 1.165) is 12.8 Å². The summed E-state index contributed by atoms with van der Waals surface area (Å²) in [6.07, 6.45) is 1.92. The highest BCUT2D eigenvalue weighted by atomic mass is 35.5. The van der Waals surface area contributed by atoms with Gasteiger partial charge in [0.15, 0.2) is 6.61 Å². The predicted octanol–water partition coefficient (Wildman–Crippen LogP) is 2.90. The Bertz CT molecular complexity index is 684. The molecule has 0 saturated carbocycles. The van der Waals surface area contributed by atoms with Crippen LogP contribution in [0, 0.1) is 11.8 Å². The number of likely N-dealkylation sites (tertiary alicyclic amines) is 1. The zero-order chi connectivity index (χ0) is 20.0. The number of esters is 1. The molecule has 7 heteroatoms. The quantitative estimate of drug-likeness (QED) is 0.753. The second kappa shape index (κ2) is 9.74. The van der Waals surface area contributed by atoms with Gasteiger partial charge < -0.3 is 15.0 Å². The van der Waals surface area contributed by atoms with Crippen LogP contribution in [-0.2, 0) is 14.3 Å². The van der Waals surface area contributed by atoms with E-state index in [9.17, 15) is 14.4 Å². The Balaban J connectivity index is 1.92. The topological polar surface area (TPSA) is 75.7 Å². The highest BCUT2D eigenvalue weighted by molar-refractivity contribution is 6.33. The van der Waals surface area contributed by atoms with E-state index in [2.05, 4.69) is 12.2 Å². The molecule has 0 bridgehead atoms. The van der Waals surface area contributed by atoms with Gasteiger partial charge in [0.2, 0.25) is 0 Å². The number of nitrogens with zero attached hydrogens (tertiary/aromatic N) is 1. The zero-order valence-electron chi connectivity index (χ0n) is 16.0. The minimum absolute atomic E-state index is 0.199. The second-order valence-corrected chi connectivity index (χ2v) is 7.75. The van der Waals surface area contributed by atoms with E-state index < -0.39 is 17.9 Å². The van der Waals surface area contributed by atoms with Gasteiger partial charge in [-0.05, 0) is 36.8 Å². The van der Waals surface area contributed by atoms with Gasteiger partial charge in [0.25, 0.3) is 11.8 Å². The molecule has 2 amide bonds. The third kappa shape index (κ3) is 5.96. The minimum Gasteiger partial charge on any atom is -0.454 e. The maximum Gasteiger partial charge on any atom is 0.329 e. The largest absolute Gasteiger partial charge is 0.454 e. The van der Waals surface area contributed by atoms with Crippen LogP contribution in [0.4, 0.5) is 0 Å². The van der Waals surface area contributed by atoms with E-state index >= 15 is 0 Å². The van der Waals surface area contributed by atoms with Crippen LogP contribution < -0.4 is 5.32 Å². The number of hydrogen-bond acceptors (Lipinski definition) is 4. The maximum absolute atomic E-state index is 12.4. The monoisotopic (exact) mass is 394 g/mol. The lowest BCUT2D eigenvalue weighted by Gasteiger charge is -2.30. The summed E-state index contributed by atoms with van der Waals surface area (Å²) < 4.78 is 5.20. The molecule has 1 aliphatic heterocycles. The Morgan fingerprint density at radius 2 is 1.85 bits per heavy atom. The second-order valence-electron chi connectivity index (χ2n) is 7.35. The van der Waals surface area contributed by atoms with Crippen LogP contribution in [0.2, 0.25) is 5.02 Å². The summed E-state index contributed by atoms with van der Waals surface area (Å²) in [5.74, 6) is -0.858. The lowest BCUT2D eigenvalue weighted by atomic mass is 9.99. The van der Waals surface area contributed by atoms with Crippen LogP contribution in [0.3, 0.4) is 0 Å². The molecule has 2 rings (SSSR count). The van der Waals surface area contributed by atoms with E-state index in [0.29, 0.717) is 24.0 Å². The van der Waals surface area contributed by atoms with Crippen LogP contribution in [0.1, 0.15) is 44.0 Å². The number of hydrogen-bond donors (Lipinski definition) is 1. The van der Waals surface area contributed by atoms with Crippen molar-refractivity contribution in [2.45, 2.75) is 39.7 Å². The van der Waals surface area contributed by atoms with Crippen molar-refractivity contribution in [2.24, 2.45) is 11.8 Å². The Kier molecular flexibility index (Phi) is 7.66. The number of carbonyl (C=O) groups is 3. The fourth-order valence-corrected chi connectivity index (χ4v) is 3.16. The van der Waals surface area contributed by atoms with E-state index in [4.69, 9.17) is 16.3 Å². The first-order chi connectivity index (χ1) is 12.8. The van der Waals surface area contributed by atoms with Gasteiger partial charge in [0.05, 0.1) is 10.6 Å².